The number of rotatable bonds is 14. The first-order valence-electron chi connectivity index (χ1n) is 25.4. The molecule has 7 N–H and O–H groups in total. The molecular formula is C56H74Cl2O19. The lowest BCUT2D eigenvalue weighted by atomic mass is 9.88. The Morgan fingerprint density at radius 2 is 1.58 bits per heavy atom. The quantitative estimate of drug-likeness (QED) is 0.0575. The number of hydrogen-bond donors (Lipinski definition) is 7. The van der Waals surface area contributed by atoms with Crippen molar-refractivity contribution < 1.29 is 92.8 Å². The van der Waals surface area contributed by atoms with Gasteiger partial charge in [-0.2, -0.15) is 0 Å². The molecule has 426 valence electrons. The summed E-state index contributed by atoms with van der Waals surface area (Å²) in [6.07, 6.45) is -6.03. The maximum absolute atomic E-state index is 14.0. The molecule has 2 aromatic rings. The van der Waals surface area contributed by atoms with Crippen LogP contribution < -0.4 is 4.74 Å². The van der Waals surface area contributed by atoms with E-state index < -0.39 is 138 Å². The van der Waals surface area contributed by atoms with E-state index in [-0.39, 0.29) is 41.0 Å². The van der Waals surface area contributed by atoms with Crippen LogP contribution in [0.25, 0.3) is 0 Å². The zero-order valence-corrected chi connectivity index (χ0v) is 46.7. The van der Waals surface area contributed by atoms with Crippen LogP contribution in [0.1, 0.15) is 108 Å². The van der Waals surface area contributed by atoms with E-state index in [2.05, 4.69) is 0 Å². The van der Waals surface area contributed by atoms with Gasteiger partial charge in [0.15, 0.2) is 36.3 Å². The first-order valence-corrected chi connectivity index (χ1v) is 26.2. The molecule has 0 aliphatic carbocycles. The highest BCUT2D eigenvalue weighted by atomic mass is 35.5. The summed E-state index contributed by atoms with van der Waals surface area (Å²) in [7, 11) is 2.71. The van der Waals surface area contributed by atoms with Crippen molar-refractivity contribution in [1.29, 1.82) is 0 Å². The Kier molecular flexibility index (Phi) is 22.8. The maximum atomic E-state index is 14.0. The lowest BCUT2D eigenvalue weighted by Gasteiger charge is -2.47. The molecule has 77 heavy (non-hydrogen) atoms. The Bertz CT molecular complexity index is 2550. The number of ether oxygens (including phenoxy) is 9. The van der Waals surface area contributed by atoms with Crippen LogP contribution in [0.2, 0.25) is 10.0 Å². The van der Waals surface area contributed by atoms with Crippen molar-refractivity contribution >= 4 is 41.1 Å². The molecule has 2 saturated heterocycles. The Hall–Kier alpha value is -4.87. The van der Waals surface area contributed by atoms with Crippen LogP contribution in [0.4, 0.5) is 0 Å². The number of cyclic esters (lactones) is 1. The van der Waals surface area contributed by atoms with Gasteiger partial charge in [0.05, 0.1) is 59.9 Å². The fourth-order valence-electron chi connectivity index (χ4n) is 9.19. The standard InChI is InChI=1S/C56H74Cl2O19/c1-12-32-24-28(4)37(60)20-15-14-17-34(26-71-55-49(70-11)44(63)47(31(7)72-55)74-53(68)39-36(13-2)40(57)43(62)41(58)42(39)61)52(67)73-38(30(6)59)22-21-27(3)23-29(5)46(32)76-54-45(64)48(50(65)56(8,9)77-54)75-51(66)33-18-16-19-35(25-33)69-10/h14-19,21,23-25,30-32,37-38,44-50,54-55,59-65H,12-13,20,22,26H2,1-11H3/b15-14+,27-21+,28-24+,29-23+,34-17+/t30-,31-,32+,37+,38+,44+,45+,46+,47-,48-,49+,50+,54-,55-/m1/s1. The molecule has 0 amide bonds. The van der Waals surface area contributed by atoms with Crippen LogP contribution in [0, 0.1) is 5.92 Å². The first kappa shape index (κ1) is 63.0. The molecule has 2 fully saturated rings. The molecule has 0 bridgehead atoms. The summed E-state index contributed by atoms with van der Waals surface area (Å²) in [5.74, 6) is -4.20. The van der Waals surface area contributed by atoms with Crippen LogP contribution in [-0.4, -0.2) is 160 Å². The molecule has 5 rings (SSSR count). The number of benzene rings is 2. The Morgan fingerprint density at radius 3 is 2.22 bits per heavy atom. The maximum Gasteiger partial charge on any atom is 0.342 e. The van der Waals surface area contributed by atoms with E-state index in [1.54, 1.807) is 58.9 Å². The fourth-order valence-corrected chi connectivity index (χ4v) is 9.75. The molecule has 21 heteroatoms. The number of methoxy groups -OCH3 is 2. The molecule has 2 aromatic carbocycles. The van der Waals surface area contributed by atoms with Crippen LogP contribution in [0.5, 0.6) is 17.2 Å². The molecule has 3 aliphatic rings. The van der Waals surface area contributed by atoms with Crippen molar-refractivity contribution in [2.75, 3.05) is 20.8 Å². The number of hydrogen-bond acceptors (Lipinski definition) is 19. The van der Waals surface area contributed by atoms with Crippen molar-refractivity contribution in [2.24, 2.45) is 5.92 Å². The number of aliphatic hydroxyl groups is 5. The number of aromatic hydroxyl groups is 2. The molecule has 0 spiro atoms. The van der Waals surface area contributed by atoms with Gasteiger partial charge < -0.3 is 78.4 Å². The van der Waals surface area contributed by atoms with Gasteiger partial charge in [-0.15, -0.1) is 0 Å². The lowest BCUT2D eigenvalue weighted by Crippen LogP contribution is -2.64. The summed E-state index contributed by atoms with van der Waals surface area (Å²) in [6, 6.07) is 6.26. The van der Waals surface area contributed by atoms with Gasteiger partial charge in [0.25, 0.3) is 0 Å². The van der Waals surface area contributed by atoms with E-state index in [1.807, 2.05) is 26.0 Å². The van der Waals surface area contributed by atoms with Gasteiger partial charge in [0, 0.05) is 19.4 Å². The monoisotopic (exact) mass is 1120 g/mol. The van der Waals surface area contributed by atoms with Crippen molar-refractivity contribution in [3.8, 4) is 17.2 Å². The van der Waals surface area contributed by atoms with Crippen molar-refractivity contribution in [3.05, 3.63) is 110 Å². The predicted molar refractivity (Wildman–Crippen MR) is 283 cm³/mol. The number of carbonyl (C=O) groups excluding carboxylic acids is 3. The minimum atomic E-state index is -1.66. The summed E-state index contributed by atoms with van der Waals surface area (Å²) in [6.45, 7) is 14.6. The molecular weight excluding hydrogens is 1050 g/mol. The summed E-state index contributed by atoms with van der Waals surface area (Å²) < 4.78 is 53.1. The van der Waals surface area contributed by atoms with Crippen LogP contribution in [0.3, 0.4) is 0 Å². The lowest BCUT2D eigenvalue weighted by molar-refractivity contribution is -0.330. The molecule has 0 unspecified atom stereocenters. The number of allylic oxidation sites excluding steroid dienone is 4. The average Bonchev–Trinajstić information content (AvgIpc) is 3.41. The van der Waals surface area contributed by atoms with E-state index in [4.69, 9.17) is 65.8 Å². The van der Waals surface area contributed by atoms with E-state index in [1.165, 1.54) is 52.4 Å². The SMILES string of the molecule is CCc1c(Cl)c(O)c(Cl)c(O)c1C(=O)O[C@H]1[C@H](O)[C@H](OC)[C@H](OC/C2=C\C=C\C[C@H](O)/C(C)=C/[C@H](CC)[C@@H](O[C@@H]3OC(C)(C)[C@@H](O)[C@H](OC(=O)c4cccc(OC)c4)[C@@H]3O)/C(C)=C/C(C)=C/C[C@@H]([C@@H](C)O)OC2=O)O[C@@H]1C. The highest BCUT2D eigenvalue weighted by Crippen LogP contribution is 2.45. The Balaban J connectivity index is 1.39. The van der Waals surface area contributed by atoms with Gasteiger partial charge in [-0.05, 0) is 109 Å². The summed E-state index contributed by atoms with van der Waals surface area (Å²) in [5.41, 5.74) is 0.272. The minimum absolute atomic E-state index is 0.0461. The second-order valence-electron chi connectivity index (χ2n) is 19.9. The zero-order valence-electron chi connectivity index (χ0n) is 45.2. The van der Waals surface area contributed by atoms with E-state index in [9.17, 15) is 50.1 Å². The van der Waals surface area contributed by atoms with Crippen molar-refractivity contribution in [2.45, 2.75) is 173 Å². The number of esters is 3. The number of carbonyl (C=O) groups is 3. The fraction of sp³-hybridized carbons (Fsp3) is 0.554. The van der Waals surface area contributed by atoms with Crippen molar-refractivity contribution in [3.63, 3.8) is 0 Å². The number of aliphatic hydroxyl groups excluding tert-OH is 5. The smallest absolute Gasteiger partial charge is 0.342 e. The summed E-state index contributed by atoms with van der Waals surface area (Å²) >= 11 is 12.3. The van der Waals surface area contributed by atoms with Crippen LogP contribution in [-0.2, 0) is 49.1 Å². The average molecular weight is 1120 g/mol. The van der Waals surface area contributed by atoms with Gasteiger partial charge in [-0.25, -0.2) is 14.4 Å². The van der Waals surface area contributed by atoms with Gasteiger partial charge in [-0.1, -0.05) is 79.1 Å². The molecule has 3 aliphatic heterocycles. The van der Waals surface area contributed by atoms with E-state index in [0.717, 1.165) is 0 Å². The number of phenolic OH excluding ortho intramolecular Hbond substituents is 2. The molecule has 0 saturated carbocycles. The predicted octanol–water partition coefficient (Wildman–Crippen LogP) is 6.90. The molecule has 14 atom stereocenters. The topological polar surface area (TPSA) is 276 Å². The third-order valence-electron chi connectivity index (χ3n) is 13.8. The van der Waals surface area contributed by atoms with Crippen molar-refractivity contribution in [1.82, 2.24) is 0 Å². The second-order valence-corrected chi connectivity index (χ2v) is 20.7. The number of phenols is 2. The van der Waals surface area contributed by atoms with Gasteiger partial charge in [0.1, 0.15) is 46.9 Å². The first-order chi connectivity index (χ1) is 36.3. The Labute approximate surface area is 459 Å². The zero-order chi connectivity index (χ0) is 57.2. The normalized spacial score (nSPS) is 33.2. The van der Waals surface area contributed by atoms with Gasteiger partial charge in [-0.3, -0.25) is 0 Å². The molecule has 3 heterocycles. The number of halogens is 2. The van der Waals surface area contributed by atoms with E-state index >= 15 is 0 Å². The highest BCUT2D eigenvalue weighted by Gasteiger charge is 2.53. The van der Waals surface area contributed by atoms with Crippen LogP contribution >= 0.6 is 23.2 Å². The summed E-state index contributed by atoms with van der Waals surface area (Å²) in [4.78, 5) is 40.9. The molecule has 0 aromatic heterocycles. The summed E-state index contributed by atoms with van der Waals surface area (Å²) in [5, 5.41) is 77.2. The highest BCUT2D eigenvalue weighted by molar-refractivity contribution is 6.39. The largest absolute Gasteiger partial charge is 0.505 e. The van der Waals surface area contributed by atoms with Gasteiger partial charge >= 0.3 is 17.9 Å². The molecule has 19 nitrogen and oxygen atoms in total. The third kappa shape index (κ3) is 15.3. The minimum Gasteiger partial charge on any atom is -0.505 e. The molecule has 0 radical (unpaired) electrons. The second kappa shape index (κ2) is 27.8. The van der Waals surface area contributed by atoms with Crippen LogP contribution in [0.15, 0.2) is 83.0 Å². The van der Waals surface area contributed by atoms with E-state index in [0.29, 0.717) is 28.9 Å². The third-order valence-corrected chi connectivity index (χ3v) is 14.6. The van der Waals surface area contributed by atoms with Gasteiger partial charge in [0.2, 0.25) is 0 Å². The Morgan fingerprint density at radius 1 is 0.896 bits per heavy atom.